The number of halogens is 1. The zero-order chi connectivity index (χ0) is 14.4. The number of piperidine rings is 1. The Morgan fingerprint density at radius 2 is 1.95 bits per heavy atom. The second kappa shape index (κ2) is 7.61. The Bertz CT molecular complexity index is 400. The Morgan fingerprint density at radius 1 is 1.20 bits per heavy atom. The Labute approximate surface area is 132 Å². The van der Waals surface area contributed by atoms with Crippen molar-refractivity contribution in [2.24, 2.45) is 5.41 Å². The fourth-order valence-electron chi connectivity index (χ4n) is 3.51. The highest BCUT2D eigenvalue weighted by Gasteiger charge is 2.36. The van der Waals surface area contributed by atoms with Crippen LogP contribution in [0.5, 0.6) is 0 Å². The maximum Gasteiger partial charge on any atom is 0.0175 e. The molecule has 1 aliphatic rings. The van der Waals surface area contributed by atoms with Gasteiger partial charge in [-0.25, -0.2) is 0 Å². The summed E-state index contributed by atoms with van der Waals surface area (Å²) >= 11 is 3.54. The molecule has 0 saturated carbocycles. The predicted molar refractivity (Wildman–Crippen MR) is 91.2 cm³/mol. The van der Waals surface area contributed by atoms with Crippen molar-refractivity contribution in [1.82, 2.24) is 5.32 Å². The minimum Gasteiger partial charge on any atom is -0.316 e. The summed E-state index contributed by atoms with van der Waals surface area (Å²) < 4.78 is 1.18. The molecule has 0 bridgehead atoms. The van der Waals surface area contributed by atoms with Crippen molar-refractivity contribution in [3.8, 4) is 0 Å². The SMILES string of the molecule is CCCCCCC1(C)CCNCC1c1ccc(Br)cc1. The largest absolute Gasteiger partial charge is 0.316 e. The standard InChI is InChI=1S/C18H28BrN/c1-3-4-5-6-11-18(2)12-13-20-14-17(18)15-7-9-16(19)10-8-15/h7-10,17,20H,3-6,11-14H2,1-2H3. The third kappa shape index (κ3) is 4.08. The molecule has 1 saturated heterocycles. The van der Waals surface area contributed by atoms with E-state index in [1.807, 2.05) is 0 Å². The monoisotopic (exact) mass is 337 g/mol. The highest BCUT2D eigenvalue weighted by Crippen LogP contribution is 2.44. The summed E-state index contributed by atoms with van der Waals surface area (Å²) in [4.78, 5) is 0. The van der Waals surface area contributed by atoms with E-state index in [2.05, 4.69) is 59.4 Å². The van der Waals surface area contributed by atoms with Crippen molar-refractivity contribution in [2.45, 2.75) is 58.3 Å². The number of rotatable bonds is 6. The molecule has 0 amide bonds. The van der Waals surface area contributed by atoms with E-state index in [4.69, 9.17) is 0 Å². The summed E-state index contributed by atoms with van der Waals surface area (Å²) in [7, 11) is 0. The quantitative estimate of drug-likeness (QED) is 0.675. The van der Waals surface area contributed by atoms with Crippen LogP contribution in [0.15, 0.2) is 28.7 Å². The van der Waals surface area contributed by atoms with Gasteiger partial charge in [0.05, 0.1) is 0 Å². The van der Waals surface area contributed by atoms with E-state index in [9.17, 15) is 0 Å². The molecule has 1 aromatic rings. The maximum atomic E-state index is 3.59. The van der Waals surface area contributed by atoms with Gasteiger partial charge < -0.3 is 5.32 Å². The lowest BCUT2D eigenvalue weighted by Crippen LogP contribution is -2.42. The first-order valence-electron chi connectivity index (χ1n) is 8.12. The van der Waals surface area contributed by atoms with Crippen LogP contribution in [0, 0.1) is 5.41 Å². The summed E-state index contributed by atoms with van der Waals surface area (Å²) in [5, 5.41) is 3.59. The van der Waals surface area contributed by atoms with E-state index in [-0.39, 0.29) is 0 Å². The first-order chi connectivity index (χ1) is 9.65. The van der Waals surface area contributed by atoms with Gasteiger partial charge in [-0.15, -0.1) is 0 Å². The number of unbranched alkanes of at least 4 members (excludes halogenated alkanes) is 3. The molecule has 1 heterocycles. The average molecular weight is 338 g/mol. The van der Waals surface area contributed by atoms with Crippen LogP contribution in [-0.4, -0.2) is 13.1 Å². The average Bonchev–Trinajstić information content (AvgIpc) is 2.45. The van der Waals surface area contributed by atoms with Gasteiger partial charge in [0.2, 0.25) is 0 Å². The van der Waals surface area contributed by atoms with E-state index in [0.29, 0.717) is 11.3 Å². The van der Waals surface area contributed by atoms with Crippen molar-refractivity contribution >= 4 is 15.9 Å². The molecule has 0 radical (unpaired) electrons. The molecule has 0 aliphatic carbocycles. The fourth-order valence-corrected chi connectivity index (χ4v) is 3.78. The highest BCUT2D eigenvalue weighted by atomic mass is 79.9. The Hall–Kier alpha value is -0.340. The highest BCUT2D eigenvalue weighted by molar-refractivity contribution is 9.10. The van der Waals surface area contributed by atoms with E-state index < -0.39 is 0 Å². The van der Waals surface area contributed by atoms with Crippen LogP contribution in [-0.2, 0) is 0 Å². The molecule has 112 valence electrons. The van der Waals surface area contributed by atoms with Gasteiger partial charge in [-0.1, -0.05) is 67.6 Å². The smallest absolute Gasteiger partial charge is 0.0175 e. The van der Waals surface area contributed by atoms with Crippen LogP contribution < -0.4 is 5.32 Å². The molecule has 1 aliphatic heterocycles. The molecule has 0 aromatic heterocycles. The van der Waals surface area contributed by atoms with Gasteiger partial charge in [-0.2, -0.15) is 0 Å². The van der Waals surface area contributed by atoms with Crippen LogP contribution in [0.3, 0.4) is 0 Å². The van der Waals surface area contributed by atoms with Crippen molar-refractivity contribution in [3.63, 3.8) is 0 Å². The van der Waals surface area contributed by atoms with Gasteiger partial charge in [0.1, 0.15) is 0 Å². The van der Waals surface area contributed by atoms with Crippen LogP contribution in [0.2, 0.25) is 0 Å². The molecule has 1 nitrogen and oxygen atoms in total. The zero-order valence-corrected chi connectivity index (χ0v) is 14.5. The van der Waals surface area contributed by atoms with Crippen molar-refractivity contribution in [3.05, 3.63) is 34.3 Å². The van der Waals surface area contributed by atoms with Gasteiger partial charge in [0.25, 0.3) is 0 Å². The fraction of sp³-hybridized carbons (Fsp3) is 0.667. The molecule has 2 heteroatoms. The Kier molecular flexibility index (Phi) is 6.10. The zero-order valence-electron chi connectivity index (χ0n) is 12.9. The van der Waals surface area contributed by atoms with E-state index in [1.54, 1.807) is 0 Å². The molecule has 2 unspecified atom stereocenters. The third-order valence-corrected chi connectivity index (χ3v) is 5.47. The summed E-state index contributed by atoms with van der Waals surface area (Å²) in [5.41, 5.74) is 1.96. The van der Waals surface area contributed by atoms with Crippen LogP contribution in [0.25, 0.3) is 0 Å². The maximum absolute atomic E-state index is 3.59. The summed E-state index contributed by atoms with van der Waals surface area (Å²) in [6, 6.07) is 8.96. The lowest BCUT2D eigenvalue weighted by atomic mass is 9.66. The van der Waals surface area contributed by atoms with Crippen LogP contribution in [0.1, 0.15) is 63.9 Å². The van der Waals surface area contributed by atoms with Gasteiger partial charge in [0, 0.05) is 16.9 Å². The van der Waals surface area contributed by atoms with Gasteiger partial charge >= 0.3 is 0 Å². The second-order valence-corrected chi connectivity index (χ2v) is 7.44. The number of hydrogen-bond donors (Lipinski definition) is 1. The molecule has 20 heavy (non-hydrogen) atoms. The minimum absolute atomic E-state index is 0.465. The second-order valence-electron chi connectivity index (χ2n) is 6.52. The number of nitrogens with one attached hydrogen (secondary N) is 1. The number of hydrogen-bond acceptors (Lipinski definition) is 1. The molecule has 2 atom stereocenters. The summed E-state index contributed by atoms with van der Waals surface area (Å²) in [6.45, 7) is 7.10. The molecular formula is C18H28BrN. The normalized spacial score (nSPS) is 26.6. The van der Waals surface area contributed by atoms with Gasteiger partial charge in [0.15, 0.2) is 0 Å². The van der Waals surface area contributed by atoms with Crippen molar-refractivity contribution < 1.29 is 0 Å². The minimum atomic E-state index is 0.465. The lowest BCUT2D eigenvalue weighted by Gasteiger charge is -2.42. The van der Waals surface area contributed by atoms with Gasteiger partial charge in [-0.3, -0.25) is 0 Å². The predicted octanol–water partition coefficient (Wildman–Crippen LogP) is 5.50. The Balaban J connectivity index is 2.05. The summed E-state index contributed by atoms with van der Waals surface area (Å²) in [6.07, 6.45) is 8.17. The van der Waals surface area contributed by atoms with E-state index in [1.165, 1.54) is 55.1 Å². The van der Waals surface area contributed by atoms with Crippen molar-refractivity contribution in [2.75, 3.05) is 13.1 Å². The third-order valence-electron chi connectivity index (χ3n) is 4.94. The topological polar surface area (TPSA) is 12.0 Å². The van der Waals surface area contributed by atoms with Crippen LogP contribution >= 0.6 is 15.9 Å². The van der Waals surface area contributed by atoms with Crippen LogP contribution in [0.4, 0.5) is 0 Å². The van der Waals surface area contributed by atoms with E-state index >= 15 is 0 Å². The lowest BCUT2D eigenvalue weighted by molar-refractivity contribution is 0.167. The molecule has 1 aromatic carbocycles. The molecular weight excluding hydrogens is 310 g/mol. The van der Waals surface area contributed by atoms with Crippen molar-refractivity contribution in [1.29, 1.82) is 0 Å². The first-order valence-corrected chi connectivity index (χ1v) is 8.91. The number of benzene rings is 1. The molecule has 1 N–H and O–H groups in total. The first kappa shape index (κ1) is 16.0. The summed E-state index contributed by atoms with van der Waals surface area (Å²) in [5.74, 6) is 0.658. The Morgan fingerprint density at radius 3 is 2.65 bits per heavy atom. The molecule has 1 fully saturated rings. The van der Waals surface area contributed by atoms with Gasteiger partial charge in [-0.05, 0) is 42.5 Å². The molecule has 2 rings (SSSR count). The molecule has 0 spiro atoms. The van der Waals surface area contributed by atoms with E-state index in [0.717, 1.165) is 6.54 Å².